The van der Waals surface area contributed by atoms with Gasteiger partial charge in [0, 0.05) is 31.7 Å². The summed E-state index contributed by atoms with van der Waals surface area (Å²) in [5.41, 5.74) is 0.799. The van der Waals surface area contributed by atoms with Crippen LogP contribution >= 0.6 is 9.24 Å². The summed E-state index contributed by atoms with van der Waals surface area (Å²) in [7, 11) is 2.63. The standard InChI is InChI=1S/C13H18N2O.C6H7P.2C2H6/c1-2-14-8-10-15(11-9-14)13(16)12-6-4-3-5-7-12;7-6-4-2-1-3-5-6;2*1-2/h3-7H,2,8-11H2,1H3;1-5H,7H2;2*1-2H3. The maximum Gasteiger partial charge on any atom is 0.253 e. The molecule has 1 aliphatic rings. The van der Waals surface area contributed by atoms with E-state index in [0.717, 1.165) is 38.3 Å². The Kier molecular flexibility index (Phi) is 15.4. The zero-order chi connectivity index (χ0) is 20.5. The molecule has 27 heavy (non-hydrogen) atoms. The first-order valence-corrected chi connectivity index (χ1v) is 10.7. The molecule has 2 aromatic rings. The summed E-state index contributed by atoms with van der Waals surface area (Å²) in [6, 6.07) is 19.7. The van der Waals surface area contributed by atoms with Crippen LogP contribution in [0.25, 0.3) is 0 Å². The van der Waals surface area contributed by atoms with Gasteiger partial charge in [-0.2, -0.15) is 0 Å². The van der Waals surface area contributed by atoms with Crippen LogP contribution in [0.2, 0.25) is 0 Å². The fraction of sp³-hybridized carbons (Fsp3) is 0.435. The molecule has 1 aliphatic heterocycles. The van der Waals surface area contributed by atoms with Crippen molar-refractivity contribution >= 4 is 20.5 Å². The Balaban J connectivity index is 0.000000514. The number of benzene rings is 2. The van der Waals surface area contributed by atoms with Gasteiger partial charge in [-0.1, -0.05) is 83.1 Å². The lowest BCUT2D eigenvalue weighted by Crippen LogP contribution is -2.48. The van der Waals surface area contributed by atoms with E-state index in [1.54, 1.807) is 0 Å². The van der Waals surface area contributed by atoms with E-state index in [-0.39, 0.29) is 5.91 Å². The number of carbonyl (C=O) groups is 1. The quantitative estimate of drug-likeness (QED) is 0.696. The summed E-state index contributed by atoms with van der Waals surface area (Å²) in [5, 5.41) is 1.24. The fourth-order valence-electron chi connectivity index (χ4n) is 2.48. The number of carbonyl (C=O) groups excluding carboxylic acids is 1. The molecule has 0 N–H and O–H groups in total. The molecule has 150 valence electrons. The van der Waals surface area contributed by atoms with Crippen molar-refractivity contribution in [2.75, 3.05) is 32.7 Å². The second-order valence-electron chi connectivity index (χ2n) is 5.50. The van der Waals surface area contributed by atoms with Crippen LogP contribution in [0.3, 0.4) is 0 Å². The molecule has 1 heterocycles. The largest absolute Gasteiger partial charge is 0.336 e. The van der Waals surface area contributed by atoms with E-state index in [9.17, 15) is 4.79 Å². The summed E-state index contributed by atoms with van der Waals surface area (Å²) in [6.45, 7) is 14.9. The van der Waals surface area contributed by atoms with Gasteiger partial charge in [-0.3, -0.25) is 4.79 Å². The van der Waals surface area contributed by atoms with Crippen LogP contribution in [0.4, 0.5) is 0 Å². The van der Waals surface area contributed by atoms with E-state index < -0.39 is 0 Å². The Morgan fingerprint density at radius 1 is 0.815 bits per heavy atom. The molecule has 0 spiro atoms. The van der Waals surface area contributed by atoms with Gasteiger partial charge in [0.1, 0.15) is 0 Å². The predicted molar refractivity (Wildman–Crippen MR) is 123 cm³/mol. The molecule has 0 radical (unpaired) electrons. The molecule has 2 aromatic carbocycles. The molecule has 0 bridgehead atoms. The highest BCUT2D eigenvalue weighted by Gasteiger charge is 2.20. The number of hydrogen-bond acceptors (Lipinski definition) is 2. The van der Waals surface area contributed by atoms with Crippen molar-refractivity contribution < 1.29 is 4.79 Å². The Hall–Kier alpha value is -1.70. The van der Waals surface area contributed by atoms with E-state index in [4.69, 9.17) is 0 Å². The second-order valence-corrected chi connectivity index (χ2v) is 6.17. The fourth-order valence-corrected chi connectivity index (χ4v) is 2.71. The van der Waals surface area contributed by atoms with Crippen LogP contribution < -0.4 is 5.30 Å². The van der Waals surface area contributed by atoms with Gasteiger partial charge in [0.25, 0.3) is 5.91 Å². The zero-order valence-electron chi connectivity index (χ0n) is 17.7. The van der Waals surface area contributed by atoms with Gasteiger partial charge < -0.3 is 9.80 Å². The van der Waals surface area contributed by atoms with Crippen molar-refractivity contribution in [2.45, 2.75) is 34.6 Å². The first kappa shape index (κ1) is 25.3. The summed E-state index contributed by atoms with van der Waals surface area (Å²) in [5.74, 6) is 0.163. The molecule has 0 saturated carbocycles. The van der Waals surface area contributed by atoms with Crippen LogP contribution in [-0.2, 0) is 0 Å². The molecule has 0 aliphatic carbocycles. The van der Waals surface area contributed by atoms with Crippen LogP contribution in [0.5, 0.6) is 0 Å². The minimum absolute atomic E-state index is 0.163. The van der Waals surface area contributed by atoms with Gasteiger partial charge in [0.15, 0.2) is 0 Å². The number of amides is 1. The van der Waals surface area contributed by atoms with Crippen molar-refractivity contribution in [1.29, 1.82) is 0 Å². The van der Waals surface area contributed by atoms with Gasteiger partial charge in [0.05, 0.1) is 0 Å². The summed E-state index contributed by atoms with van der Waals surface area (Å²) >= 11 is 0. The molecule has 1 atom stereocenters. The summed E-state index contributed by atoms with van der Waals surface area (Å²) in [4.78, 5) is 16.4. The molecule has 1 amide bonds. The second kappa shape index (κ2) is 16.5. The molecule has 1 saturated heterocycles. The van der Waals surface area contributed by atoms with Gasteiger partial charge in [0.2, 0.25) is 0 Å². The Morgan fingerprint density at radius 2 is 1.26 bits per heavy atom. The highest BCUT2D eigenvalue weighted by atomic mass is 31.0. The number of nitrogens with zero attached hydrogens (tertiary/aromatic N) is 2. The monoisotopic (exact) mass is 388 g/mol. The lowest BCUT2D eigenvalue weighted by molar-refractivity contribution is 0.0643. The van der Waals surface area contributed by atoms with Crippen LogP contribution in [0, 0.1) is 0 Å². The van der Waals surface area contributed by atoms with Gasteiger partial charge in [-0.15, -0.1) is 9.24 Å². The molecule has 3 nitrogen and oxygen atoms in total. The molecule has 1 unspecified atom stereocenters. The molecule has 4 heteroatoms. The molecular weight excluding hydrogens is 351 g/mol. The van der Waals surface area contributed by atoms with Crippen molar-refractivity contribution in [3.63, 3.8) is 0 Å². The molecule has 3 rings (SSSR count). The Bertz CT molecular complexity index is 582. The Labute approximate surface area is 169 Å². The first-order chi connectivity index (χ1) is 13.2. The first-order valence-electron chi connectivity index (χ1n) is 10.1. The average Bonchev–Trinajstić information content (AvgIpc) is 2.78. The van der Waals surface area contributed by atoms with Crippen molar-refractivity contribution in [1.82, 2.24) is 9.80 Å². The van der Waals surface area contributed by atoms with Crippen molar-refractivity contribution in [3.05, 3.63) is 66.2 Å². The normalized spacial score (nSPS) is 13.0. The van der Waals surface area contributed by atoms with E-state index in [1.807, 2.05) is 93.3 Å². The minimum Gasteiger partial charge on any atom is -0.336 e. The maximum atomic E-state index is 12.1. The van der Waals surface area contributed by atoms with Crippen molar-refractivity contribution in [3.8, 4) is 0 Å². The third-order valence-corrected chi connectivity index (χ3v) is 4.31. The highest BCUT2D eigenvalue weighted by Crippen LogP contribution is 2.08. The third kappa shape index (κ3) is 10.3. The summed E-state index contributed by atoms with van der Waals surface area (Å²) < 4.78 is 0. The van der Waals surface area contributed by atoms with Crippen LogP contribution in [0.1, 0.15) is 45.0 Å². The minimum atomic E-state index is 0.163. The predicted octanol–water partition coefficient (Wildman–Crippen LogP) is 4.70. The van der Waals surface area contributed by atoms with Gasteiger partial charge >= 0.3 is 0 Å². The average molecular weight is 389 g/mol. The van der Waals surface area contributed by atoms with Gasteiger partial charge in [-0.05, 0) is 24.0 Å². The van der Waals surface area contributed by atoms with Gasteiger partial charge in [-0.25, -0.2) is 0 Å². The number of piperazine rings is 1. The zero-order valence-corrected chi connectivity index (χ0v) is 18.8. The van der Waals surface area contributed by atoms with E-state index in [0.29, 0.717) is 0 Å². The Morgan fingerprint density at radius 3 is 1.63 bits per heavy atom. The van der Waals surface area contributed by atoms with E-state index in [1.165, 1.54) is 5.30 Å². The van der Waals surface area contributed by atoms with Crippen LogP contribution in [0.15, 0.2) is 60.7 Å². The molecule has 1 fully saturated rings. The smallest absolute Gasteiger partial charge is 0.253 e. The van der Waals surface area contributed by atoms with E-state index in [2.05, 4.69) is 21.1 Å². The van der Waals surface area contributed by atoms with Crippen LogP contribution in [-0.4, -0.2) is 48.4 Å². The maximum absolute atomic E-state index is 12.1. The van der Waals surface area contributed by atoms with E-state index >= 15 is 0 Å². The lowest BCUT2D eigenvalue weighted by atomic mass is 10.2. The number of likely N-dealkylation sites (N-methyl/N-ethyl adjacent to an activating group) is 1. The number of hydrogen-bond donors (Lipinski definition) is 0. The number of rotatable bonds is 2. The molecular formula is C23H37N2OP. The third-order valence-electron chi connectivity index (χ3n) is 3.93. The molecule has 0 aromatic heterocycles. The SMILES string of the molecule is CC.CC.CCN1CCN(C(=O)c2ccccc2)CC1.Pc1ccccc1. The van der Waals surface area contributed by atoms with Crippen molar-refractivity contribution in [2.24, 2.45) is 0 Å². The summed E-state index contributed by atoms with van der Waals surface area (Å²) in [6.07, 6.45) is 0. The highest BCUT2D eigenvalue weighted by molar-refractivity contribution is 7.27. The lowest BCUT2D eigenvalue weighted by Gasteiger charge is -2.34. The topological polar surface area (TPSA) is 23.6 Å².